The molecule has 4 heteroatoms. The van der Waals surface area contributed by atoms with Gasteiger partial charge in [0.15, 0.2) is 0 Å². The number of anilines is 1. The van der Waals surface area contributed by atoms with Crippen LogP contribution in [0.1, 0.15) is 11.6 Å². The van der Waals surface area contributed by atoms with Gasteiger partial charge in [0.1, 0.15) is 6.04 Å². The van der Waals surface area contributed by atoms with Crippen molar-refractivity contribution in [3.05, 3.63) is 66.2 Å². The zero-order chi connectivity index (χ0) is 15.2. The van der Waals surface area contributed by atoms with Crippen molar-refractivity contribution in [2.45, 2.75) is 6.04 Å². The number of amides is 1. The third kappa shape index (κ3) is 3.53. The van der Waals surface area contributed by atoms with E-state index in [1.54, 1.807) is 0 Å². The van der Waals surface area contributed by atoms with Gasteiger partial charge in [0.25, 0.3) is 0 Å². The summed E-state index contributed by atoms with van der Waals surface area (Å²) in [5.41, 5.74) is 1.83. The van der Waals surface area contributed by atoms with Gasteiger partial charge >= 0.3 is 0 Å². The van der Waals surface area contributed by atoms with E-state index in [0.717, 1.165) is 24.3 Å². The quantitative estimate of drug-likeness (QED) is 0.943. The van der Waals surface area contributed by atoms with Gasteiger partial charge in [-0.15, -0.1) is 0 Å². The van der Waals surface area contributed by atoms with E-state index in [1.807, 2.05) is 60.7 Å². The lowest BCUT2D eigenvalue weighted by Gasteiger charge is -2.33. The van der Waals surface area contributed by atoms with Crippen molar-refractivity contribution in [2.24, 2.45) is 0 Å². The van der Waals surface area contributed by atoms with Crippen LogP contribution in [0.3, 0.4) is 0 Å². The number of morpholine rings is 1. The topological polar surface area (TPSA) is 41.6 Å². The Kier molecular flexibility index (Phi) is 4.83. The normalized spacial score (nSPS) is 16.9. The van der Waals surface area contributed by atoms with Gasteiger partial charge in [0.05, 0.1) is 13.2 Å². The smallest absolute Gasteiger partial charge is 0.246 e. The molecule has 1 N–H and O–H groups in total. The van der Waals surface area contributed by atoms with E-state index in [-0.39, 0.29) is 11.9 Å². The minimum absolute atomic E-state index is 0.000648. The molecule has 3 rings (SSSR count). The van der Waals surface area contributed by atoms with Crippen LogP contribution in [-0.4, -0.2) is 37.1 Å². The number of hydrogen-bond donors (Lipinski definition) is 1. The van der Waals surface area contributed by atoms with Crippen LogP contribution in [-0.2, 0) is 9.53 Å². The summed E-state index contributed by atoms with van der Waals surface area (Å²) in [5, 5.41) is 3.02. The summed E-state index contributed by atoms with van der Waals surface area (Å²) >= 11 is 0. The van der Waals surface area contributed by atoms with E-state index in [2.05, 4.69) is 10.2 Å². The Bertz CT molecular complexity index is 595. The van der Waals surface area contributed by atoms with Gasteiger partial charge < -0.3 is 10.1 Å². The van der Waals surface area contributed by atoms with E-state index < -0.39 is 0 Å². The molecule has 1 fully saturated rings. The highest BCUT2D eigenvalue weighted by molar-refractivity contribution is 5.95. The van der Waals surface area contributed by atoms with Crippen LogP contribution in [0.25, 0.3) is 0 Å². The Morgan fingerprint density at radius 2 is 1.55 bits per heavy atom. The summed E-state index contributed by atoms with van der Waals surface area (Å²) in [5.74, 6) is -0.000648. The molecule has 0 spiro atoms. The second-order valence-electron chi connectivity index (χ2n) is 5.32. The van der Waals surface area contributed by atoms with E-state index in [1.165, 1.54) is 0 Å². The number of ether oxygens (including phenoxy) is 1. The van der Waals surface area contributed by atoms with Gasteiger partial charge in [-0.05, 0) is 17.7 Å². The van der Waals surface area contributed by atoms with Crippen molar-refractivity contribution in [3.63, 3.8) is 0 Å². The molecule has 4 nitrogen and oxygen atoms in total. The summed E-state index contributed by atoms with van der Waals surface area (Å²) in [6.45, 7) is 2.87. The Morgan fingerprint density at radius 1 is 0.955 bits per heavy atom. The first-order valence-electron chi connectivity index (χ1n) is 7.57. The summed E-state index contributed by atoms with van der Waals surface area (Å²) in [6, 6.07) is 19.2. The second-order valence-corrected chi connectivity index (χ2v) is 5.32. The zero-order valence-corrected chi connectivity index (χ0v) is 12.4. The number of carbonyl (C=O) groups is 1. The summed E-state index contributed by atoms with van der Waals surface area (Å²) < 4.78 is 5.41. The van der Waals surface area contributed by atoms with Crippen LogP contribution in [0.5, 0.6) is 0 Å². The summed E-state index contributed by atoms with van der Waals surface area (Å²) in [6.07, 6.45) is 0. The molecule has 1 aliphatic heterocycles. The SMILES string of the molecule is O=C(Nc1ccccc1)[C@H](c1ccccc1)N1CCOCC1. The van der Waals surface area contributed by atoms with Crippen LogP contribution in [0, 0.1) is 0 Å². The van der Waals surface area contributed by atoms with Crippen LogP contribution in [0.15, 0.2) is 60.7 Å². The van der Waals surface area contributed by atoms with Gasteiger partial charge in [-0.3, -0.25) is 9.69 Å². The zero-order valence-electron chi connectivity index (χ0n) is 12.4. The highest BCUT2D eigenvalue weighted by atomic mass is 16.5. The largest absolute Gasteiger partial charge is 0.379 e. The molecule has 0 aromatic heterocycles. The molecule has 1 heterocycles. The highest BCUT2D eigenvalue weighted by Gasteiger charge is 2.28. The molecule has 114 valence electrons. The van der Waals surface area contributed by atoms with Gasteiger partial charge in [-0.25, -0.2) is 0 Å². The fraction of sp³-hybridized carbons (Fsp3) is 0.278. The maximum Gasteiger partial charge on any atom is 0.246 e. The van der Waals surface area contributed by atoms with Crippen molar-refractivity contribution in [2.75, 3.05) is 31.6 Å². The third-order valence-corrected chi connectivity index (χ3v) is 3.82. The van der Waals surface area contributed by atoms with Crippen LogP contribution in [0.2, 0.25) is 0 Å². The molecule has 0 unspecified atom stereocenters. The maximum absolute atomic E-state index is 12.8. The second kappa shape index (κ2) is 7.20. The molecule has 1 saturated heterocycles. The molecule has 2 aromatic carbocycles. The van der Waals surface area contributed by atoms with Gasteiger partial charge in [0, 0.05) is 18.8 Å². The average Bonchev–Trinajstić information content (AvgIpc) is 2.58. The molecule has 1 amide bonds. The highest BCUT2D eigenvalue weighted by Crippen LogP contribution is 2.23. The maximum atomic E-state index is 12.8. The predicted octanol–water partition coefficient (Wildman–Crippen LogP) is 2.70. The minimum Gasteiger partial charge on any atom is -0.379 e. The van der Waals surface area contributed by atoms with Crippen molar-refractivity contribution >= 4 is 11.6 Å². The molecule has 0 radical (unpaired) electrons. The number of nitrogens with one attached hydrogen (secondary N) is 1. The average molecular weight is 296 g/mol. The lowest BCUT2D eigenvalue weighted by molar-refractivity contribution is -0.123. The lowest BCUT2D eigenvalue weighted by atomic mass is 10.0. The number of carbonyl (C=O) groups excluding carboxylic acids is 1. The first-order valence-corrected chi connectivity index (χ1v) is 7.57. The number of hydrogen-bond acceptors (Lipinski definition) is 3. The van der Waals surface area contributed by atoms with Crippen molar-refractivity contribution in [1.29, 1.82) is 0 Å². The van der Waals surface area contributed by atoms with Crippen LogP contribution in [0.4, 0.5) is 5.69 Å². The van der Waals surface area contributed by atoms with E-state index in [4.69, 9.17) is 4.74 Å². The summed E-state index contributed by atoms with van der Waals surface area (Å²) in [7, 11) is 0. The minimum atomic E-state index is -0.287. The number of rotatable bonds is 4. The molecular formula is C18H20N2O2. The molecule has 1 atom stereocenters. The summed E-state index contributed by atoms with van der Waals surface area (Å²) in [4.78, 5) is 15.0. The van der Waals surface area contributed by atoms with Gasteiger partial charge in [-0.2, -0.15) is 0 Å². The molecule has 0 saturated carbocycles. The number of para-hydroxylation sites is 1. The fourth-order valence-corrected chi connectivity index (χ4v) is 2.73. The molecule has 0 aliphatic carbocycles. The van der Waals surface area contributed by atoms with E-state index in [9.17, 15) is 4.79 Å². The number of benzene rings is 2. The monoisotopic (exact) mass is 296 g/mol. The molecule has 2 aromatic rings. The standard InChI is InChI=1S/C18H20N2O2/c21-18(19-16-9-5-2-6-10-16)17(15-7-3-1-4-8-15)20-11-13-22-14-12-20/h1-10,17H,11-14H2,(H,19,21)/t17-/m0/s1. The Balaban J connectivity index is 1.82. The van der Waals surface area contributed by atoms with Crippen LogP contribution < -0.4 is 5.32 Å². The van der Waals surface area contributed by atoms with Crippen LogP contribution >= 0.6 is 0 Å². The molecule has 0 bridgehead atoms. The molecule has 22 heavy (non-hydrogen) atoms. The first kappa shape index (κ1) is 14.8. The van der Waals surface area contributed by atoms with E-state index in [0.29, 0.717) is 13.2 Å². The molecular weight excluding hydrogens is 276 g/mol. The Hall–Kier alpha value is -2.17. The van der Waals surface area contributed by atoms with Gasteiger partial charge in [-0.1, -0.05) is 48.5 Å². The lowest BCUT2D eigenvalue weighted by Crippen LogP contribution is -2.43. The number of nitrogens with zero attached hydrogens (tertiary/aromatic N) is 1. The van der Waals surface area contributed by atoms with Crippen molar-refractivity contribution in [3.8, 4) is 0 Å². The third-order valence-electron chi connectivity index (χ3n) is 3.82. The predicted molar refractivity (Wildman–Crippen MR) is 86.6 cm³/mol. The van der Waals surface area contributed by atoms with Crippen molar-refractivity contribution in [1.82, 2.24) is 4.90 Å². The fourth-order valence-electron chi connectivity index (χ4n) is 2.73. The van der Waals surface area contributed by atoms with Crippen molar-refractivity contribution < 1.29 is 9.53 Å². The van der Waals surface area contributed by atoms with E-state index >= 15 is 0 Å². The Labute approximate surface area is 130 Å². The van der Waals surface area contributed by atoms with Gasteiger partial charge in [0.2, 0.25) is 5.91 Å². The first-order chi connectivity index (χ1) is 10.8. The Morgan fingerprint density at radius 3 is 2.18 bits per heavy atom. The molecule has 1 aliphatic rings.